The molecule has 178 valence electrons. The van der Waals surface area contributed by atoms with Gasteiger partial charge in [-0.1, -0.05) is 30.3 Å². The van der Waals surface area contributed by atoms with Gasteiger partial charge < -0.3 is 35.1 Å². The van der Waals surface area contributed by atoms with Crippen molar-refractivity contribution in [2.45, 2.75) is 32.3 Å². The minimum atomic E-state index is -3.51. The summed E-state index contributed by atoms with van der Waals surface area (Å²) in [6.45, 7) is 2.10. The highest BCUT2D eigenvalue weighted by Gasteiger charge is 2.32. The van der Waals surface area contributed by atoms with Gasteiger partial charge in [-0.3, -0.25) is 18.9 Å². The van der Waals surface area contributed by atoms with Gasteiger partial charge in [0.15, 0.2) is 0 Å². The molecule has 1 aromatic carbocycles. The Morgan fingerprint density at radius 3 is 2.09 bits per heavy atom. The van der Waals surface area contributed by atoms with Gasteiger partial charge in [0.1, 0.15) is 25.0 Å². The van der Waals surface area contributed by atoms with E-state index in [2.05, 4.69) is 21.3 Å². The average molecular weight is 472 g/mol. The van der Waals surface area contributed by atoms with Crippen LogP contribution in [0, 0.1) is 0 Å². The molecule has 4 N–H and O–H groups in total. The van der Waals surface area contributed by atoms with Gasteiger partial charge >= 0.3 is 13.7 Å². The number of amides is 4. The molecule has 0 fully saturated rings. The first kappa shape index (κ1) is 27.1. The van der Waals surface area contributed by atoms with Gasteiger partial charge in [0.05, 0.1) is 6.54 Å². The Morgan fingerprint density at radius 2 is 1.50 bits per heavy atom. The molecule has 0 heterocycles. The molecule has 0 aromatic heterocycles. The maximum absolute atomic E-state index is 12.2. The van der Waals surface area contributed by atoms with Crippen LogP contribution in [-0.4, -0.2) is 62.9 Å². The van der Waals surface area contributed by atoms with Crippen molar-refractivity contribution in [2.75, 3.05) is 27.3 Å². The summed E-state index contributed by atoms with van der Waals surface area (Å²) in [5, 5.41) is 9.38. The van der Waals surface area contributed by atoms with E-state index in [1.807, 2.05) is 6.07 Å². The number of hydrogen-bond acceptors (Lipinski definition) is 8. The van der Waals surface area contributed by atoms with E-state index in [0.29, 0.717) is 0 Å². The maximum Gasteiger partial charge on any atom is 0.407 e. The van der Waals surface area contributed by atoms with Gasteiger partial charge in [-0.15, -0.1) is 0 Å². The van der Waals surface area contributed by atoms with Crippen LogP contribution < -0.4 is 21.3 Å². The van der Waals surface area contributed by atoms with Crippen LogP contribution in [0.2, 0.25) is 0 Å². The van der Waals surface area contributed by atoms with Gasteiger partial charge in [-0.25, -0.2) is 4.79 Å². The predicted molar refractivity (Wildman–Crippen MR) is 114 cm³/mol. The first-order valence-corrected chi connectivity index (χ1v) is 11.2. The lowest BCUT2D eigenvalue weighted by molar-refractivity contribution is -0.129. The monoisotopic (exact) mass is 472 g/mol. The van der Waals surface area contributed by atoms with E-state index in [4.69, 9.17) is 13.8 Å². The lowest BCUT2D eigenvalue weighted by Gasteiger charge is -2.23. The minimum absolute atomic E-state index is 0.0550. The lowest BCUT2D eigenvalue weighted by atomic mass is 10.2. The van der Waals surface area contributed by atoms with Crippen LogP contribution in [0.25, 0.3) is 0 Å². The van der Waals surface area contributed by atoms with Gasteiger partial charge in [-0.05, 0) is 19.4 Å². The summed E-state index contributed by atoms with van der Waals surface area (Å²) in [5.41, 5.74) is 0.795. The number of ether oxygens (including phenoxy) is 1. The molecule has 2 atom stereocenters. The summed E-state index contributed by atoms with van der Waals surface area (Å²) in [4.78, 5) is 47.4. The minimum Gasteiger partial charge on any atom is -0.445 e. The second-order valence-electron chi connectivity index (χ2n) is 6.57. The third-order valence-corrected chi connectivity index (χ3v) is 6.25. The van der Waals surface area contributed by atoms with Crippen LogP contribution in [-0.2, 0) is 39.3 Å². The zero-order valence-electron chi connectivity index (χ0n) is 18.4. The summed E-state index contributed by atoms with van der Waals surface area (Å²) in [6.07, 6.45) is -0.780. The molecule has 0 aliphatic heterocycles. The SMILES string of the molecule is COP(=O)(OC)[C@H](C)NC(=O)[C@H](C)NC(=O)CNC(=O)CNC(=O)OCc1ccccc1. The Balaban J connectivity index is 2.29. The highest BCUT2D eigenvalue weighted by atomic mass is 31.2. The van der Waals surface area contributed by atoms with Crippen molar-refractivity contribution in [3.8, 4) is 0 Å². The predicted octanol–water partition coefficient (Wildman–Crippen LogP) is 0.482. The molecular weight excluding hydrogens is 443 g/mol. The van der Waals surface area contributed by atoms with E-state index >= 15 is 0 Å². The van der Waals surface area contributed by atoms with Crippen LogP contribution >= 0.6 is 7.60 Å². The van der Waals surface area contributed by atoms with E-state index in [1.165, 1.54) is 28.1 Å². The molecule has 0 saturated heterocycles. The number of nitrogens with one attached hydrogen (secondary N) is 4. The number of benzene rings is 1. The molecule has 1 aromatic rings. The molecule has 32 heavy (non-hydrogen) atoms. The first-order chi connectivity index (χ1) is 15.1. The van der Waals surface area contributed by atoms with Crippen molar-refractivity contribution in [1.29, 1.82) is 0 Å². The molecule has 0 saturated carbocycles. The zero-order valence-corrected chi connectivity index (χ0v) is 19.3. The summed E-state index contributed by atoms with van der Waals surface area (Å²) >= 11 is 0. The van der Waals surface area contributed by atoms with E-state index in [-0.39, 0.29) is 6.61 Å². The van der Waals surface area contributed by atoms with Crippen LogP contribution in [0.1, 0.15) is 19.4 Å². The molecular formula is C19H29N4O8P. The second kappa shape index (κ2) is 13.5. The van der Waals surface area contributed by atoms with Crippen molar-refractivity contribution < 1.29 is 37.5 Å². The number of carbonyl (C=O) groups is 4. The zero-order chi connectivity index (χ0) is 24.1. The molecule has 0 spiro atoms. The third kappa shape index (κ3) is 9.46. The van der Waals surface area contributed by atoms with Crippen LogP contribution in [0.15, 0.2) is 30.3 Å². The fraction of sp³-hybridized carbons (Fsp3) is 0.474. The van der Waals surface area contributed by atoms with Crippen LogP contribution in [0.3, 0.4) is 0 Å². The van der Waals surface area contributed by atoms with Gasteiger partial charge in [-0.2, -0.15) is 0 Å². The van der Waals surface area contributed by atoms with Crippen LogP contribution in [0.5, 0.6) is 0 Å². The van der Waals surface area contributed by atoms with Crippen molar-refractivity contribution >= 4 is 31.4 Å². The number of rotatable bonds is 12. The summed E-state index contributed by atoms with van der Waals surface area (Å²) in [7, 11) is -1.12. The quantitative estimate of drug-likeness (QED) is 0.320. The summed E-state index contributed by atoms with van der Waals surface area (Å²) in [6, 6.07) is 8.03. The van der Waals surface area contributed by atoms with Gasteiger partial charge in [0, 0.05) is 14.2 Å². The molecule has 1 rings (SSSR count). The fourth-order valence-corrected chi connectivity index (χ4v) is 3.39. The smallest absolute Gasteiger partial charge is 0.407 e. The molecule has 4 amide bonds. The van der Waals surface area contributed by atoms with Crippen molar-refractivity contribution in [3.63, 3.8) is 0 Å². The van der Waals surface area contributed by atoms with E-state index in [9.17, 15) is 23.7 Å². The number of carbonyl (C=O) groups excluding carboxylic acids is 4. The Labute approximate surface area is 186 Å². The lowest BCUT2D eigenvalue weighted by Crippen LogP contribution is -2.50. The molecule has 12 nitrogen and oxygen atoms in total. The van der Waals surface area contributed by atoms with E-state index < -0.39 is 56.3 Å². The maximum atomic E-state index is 12.2. The molecule has 0 unspecified atom stereocenters. The Kier molecular flexibility index (Phi) is 11.4. The molecule has 0 bridgehead atoms. The summed E-state index contributed by atoms with van der Waals surface area (Å²) in [5.74, 6) is -2.81. The molecule has 0 aliphatic rings. The van der Waals surface area contributed by atoms with Gasteiger partial charge in [0.2, 0.25) is 17.7 Å². The highest BCUT2D eigenvalue weighted by molar-refractivity contribution is 7.54. The summed E-state index contributed by atoms with van der Waals surface area (Å²) < 4.78 is 26.8. The van der Waals surface area contributed by atoms with Crippen molar-refractivity contribution in [1.82, 2.24) is 21.3 Å². The van der Waals surface area contributed by atoms with Gasteiger partial charge in [0.25, 0.3) is 0 Å². The topological polar surface area (TPSA) is 161 Å². The first-order valence-electron chi connectivity index (χ1n) is 9.63. The van der Waals surface area contributed by atoms with Crippen molar-refractivity contribution in [3.05, 3.63) is 35.9 Å². The normalized spacial score (nSPS) is 12.8. The Morgan fingerprint density at radius 1 is 0.906 bits per heavy atom. The van der Waals surface area contributed by atoms with Crippen LogP contribution in [0.4, 0.5) is 4.79 Å². The number of alkyl carbamates (subject to hydrolysis) is 1. The van der Waals surface area contributed by atoms with E-state index in [1.54, 1.807) is 24.3 Å². The van der Waals surface area contributed by atoms with E-state index in [0.717, 1.165) is 5.56 Å². The van der Waals surface area contributed by atoms with Crippen molar-refractivity contribution in [2.24, 2.45) is 0 Å². The largest absolute Gasteiger partial charge is 0.445 e. The molecule has 0 radical (unpaired) electrons. The third-order valence-electron chi connectivity index (χ3n) is 4.16. The highest BCUT2D eigenvalue weighted by Crippen LogP contribution is 2.50. The Bertz CT molecular complexity index is 828. The standard InChI is InChI=1S/C19H29N4O8P/c1-13(18(26)23-14(2)32(28,29-3)30-4)22-17(25)11-20-16(24)10-21-19(27)31-12-15-8-6-5-7-9-15/h5-9,13-14H,10-12H2,1-4H3,(H,20,24)(H,21,27)(H,22,25)(H,23,26)/t13-,14+/m0/s1. The number of hydrogen-bond donors (Lipinski definition) is 4. The second-order valence-corrected chi connectivity index (χ2v) is 9.16. The fourth-order valence-electron chi connectivity index (χ4n) is 2.33. The molecule has 13 heteroatoms. The average Bonchev–Trinajstić information content (AvgIpc) is 2.79. The Hall–Kier alpha value is -2.95. The molecule has 0 aliphatic carbocycles.